The van der Waals surface area contributed by atoms with Gasteiger partial charge in [-0.1, -0.05) is 36.4 Å². The van der Waals surface area contributed by atoms with Gasteiger partial charge in [0.15, 0.2) is 0 Å². The van der Waals surface area contributed by atoms with Crippen molar-refractivity contribution in [3.8, 4) is 0 Å². The zero-order valence-corrected chi connectivity index (χ0v) is 12.5. The van der Waals surface area contributed by atoms with Crippen molar-refractivity contribution in [2.24, 2.45) is 5.73 Å². The van der Waals surface area contributed by atoms with E-state index in [1.165, 1.54) is 10.4 Å². The molecule has 2 rings (SSSR count). The minimum Gasteiger partial charge on any atom is -0.336 e. The molecule has 0 saturated heterocycles. The molecule has 2 N–H and O–H groups in total. The van der Waals surface area contributed by atoms with Crippen LogP contribution in [-0.4, -0.2) is 23.4 Å². The van der Waals surface area contributed by atoms with Gasteiger partial charge in [0.25, 0.3) is 0 Å². The van der Waals surface area contributed by atoms with E-state index in [2.05, 4.69) is 18.2 Å². The highest BCUT2D eigenvalue weighted by Gasteiger charge is 2.17. The maximum atomic E-state index is 12.2. The molecule has 1 aromatic carbocycles. The highest BCUT2D eigenvalue weighted by Crippen LogP contribution is 2.13. The minimum atomic E-state index is -0.453. The first kappa shape index (κ1) is 14.8. The molecule has 0 aliphatic carbocycles. The fourth-order valence-electron chi connectivity index (χ4n) is 2.05. The third-order valence-corrected chi connectivity index (χ3v) is 4.00. The van der Waals surface area contributed by atoms with E-state index in [0.717, 1.165) is 6.42 Å². The summed E-state index contributed by atoms with van der Waals surface area (Å²) in [6, 6.07) is 13.8. The van der Waals surface area contributed by atoms with Crippen LogP contribution in [0.15, 0.2) is 47.8 Å². The van der Waals surface area contributed by atoms with Crippen LogP contribution in [0.4, 0.5) is 0 Å². The number of hydrogen-bond acceptors (Lipinski definition) is 3. The molecule has 0 bridgehead atoms. The smallest absolute Gasteiger partial charge is 0.239 e. The molecule has 0 fully saturated rings. The molecule has 0 aliphatic heterocycles. The van der Waals surface area contributed by atoms with Crippen LogP contribution in [0.3, 0.4) is 0 Å². The number of nitrogens with zero attached hydrogens (tertiary/aromatic N) is 1. The number of benzene rings is 1. The lowest BCUT2D eigenvalue weighted by Crippen LogP contribution is -2.42. The molecule has 1 atom stereocenters. The van der Waals surface area contributed by atoms with E-state index in [-0.39, 0.29) is 5.91 Å². The molecule has 0 saturated carbocycles. The molecule has 1 amide bonds. The molecule has 2 aromatic rings. The van der Waals surface area contributed by atoms with Crippen LogP contribution in [0.25, 0.3) is 0 Å². The first-order chi connectivity index (χ1) is 9.66. The number of rotatable bonds is 6. The van der Waals surface area contributed by atoms with Crippen molar-refractivity contribution >= 4 is 17.2 Å². The zero-order valence-electron chi connectivity index (χ0n) is 11.7. The second-order valence-corrected chi connectivity index (χ2v) is 5.90. The van der Waals surface area contributed by atoms with Crippen molar-refractivity contribution in [1.29, 1.82) is 0 Å². The number of carbonyl (C=O) groups is 1. The van der Waals surface area contributed by atoms with Crippen LogP contribution in [0, 0.1) is 0 Å². The first-order valence-electron chi connectivity index (χ1n) is 6.77. The molecule has 20 heavy (non-hydrogen) atoms. The fourth-order valence-corrected chi connectivity index (χ4v) is 2.77. The highest BCUT2D eigenvalue weighted by atomic mass is 32.1. The van der Waals surface area contributed by atoms with Gasteiger partial charge in [0.1, 0.15) is 0 Å². The first-order valence-corrected chi connectivity index (χ1v) is 7.65. The van der Waals surface area contributed by atoms with Crippen molar-refractivity contribution in [3.05, 3.63) is 58.3 Å². The van der Waals surface area contributed by atoms with E-state index in [4.69, 9.17) is 5.73 Å². The molecule has 0 unspecified atom stereocenters. The van der Waals surface area contributed by atoms with Gasteiger partial charge in [0.2, 0.25) is 5.91 Å². The van der Waals surface area contributed by atoms with Crippen LogP contribution in [0.5, 0.6) is 0 Å². The Balaban J connectivity index is 2.01. The maximum Gasteiger partial charge on any atom is 0.239 e. The molecular formula is C16H20N2OS. The summed E-state index contributed by atoms with van der Waals surface area (Å²) in [6.07, 6.45) is 0.852. The third-order valence-electron chi connectivity index (χ3n) is 3.14. The van der Waals surface area contributed by atoms with E-state index in [1.807, 2.05) is 34.5 Å². The summed E-state index contributed by atoms with van der Waals surface area (Å²) in [6.45, 7) is 3.08. The number of thiophene rings is 1. The van der Waals surface area contributed by atoms with E-state index in [1.54, 1.807) is 18.3 Å². The van der Waals surface area contributed by atoms with Gasteiger partial charge >= 0.3 is 0 Å². The summed E-state index contributed by atoms with van der Waals surface area (Å²) in [5, 5.41) is 2.03. The highest BCUT2D eigenvalue weighted by molar-refractivity contribution is 7.09. The summed E-state index contributed by atoms with van der Waals surface area (Å²) >= 11 is 1.67. The van der Waals surface area contributed by atoms with Gasteiger partial charge in [-0.2, -0.15) is 0 Å². The summed E-state index contributed by atoms with van der Waals surface area (Å²) in [5.74, 6) is 0.00864. The predicted molar refractivity (Wildman–Crippen MR) is 83.5 cm³/mol. The normalized spacial score (nSPS) is 12.1. The van der Waals surface area contributed by atoms with Crippen LogP contribution >= 0.6 is 11.3 Å². The fraction of sp³-hybridized carbons (Fsp3) is 0.312. The molecular weight excluding hydrogens is 268 g/mol. The Bertz CT molecular complexity index is 523. The summed E-state index contributed by atoms with van der Waals surface area (Å²) < 4.78 is 0. The van der Waals surface area contributed by atoms with Crippen LogP contribution < -0.4 is 5.73 Å². The topological polar surface area (TPSA) is 46.3 Å². The molecule has 0 radical (unpaired) electrons. The summed E-state index contributed by atoms with van der Waals surface area (Å²) in [5.41, 5.74) is 6.98. The van der Waals surface area contributed by atoms with Gasteiger partial charge < -0.3 is 10.6 Å². The Labute approximate surface area is 124 Å². The van der Waals surface area contributed by atoms with Crippen LogP contribution in [0.2, 0.25) is 0 Å². The van der Waals surface area contributed by atoms with E-state index in [9.17, 15) is 4.79 Å². The molecule has 1 aromatic heterocycles. The predicted octanol–water partition coefficient (Wildman–Crippen LogP) is 2.67. The Morgan fingerprint density at radius 3 is 2.60 bits per heavy atom. The lowest BCUT2D eigenvalue weighted by molar-refractivity contribution is -0.132. The quantitative estimate of drug-likeness (QED) is 0.888. The van der Waals surface area contributed by atoms with Crippen LogP contribution in [-0.2, 0) is 17.8 Å². The van der Waals surface area contributed by atoms with Crippen molar-refractivity contribution in [2.75, 3.05) is 6.54 Å². The van der Waals surface area contributed by atoms with Gasteiger partial charge in [0.05, 0.1) is 12.6 Å². The Morgan fingerprint density at radius 1 is 1.25 bits per heavy atom. The number of hydrogen-bond donors (Lipinski definition) is 1. The Hall–Kier alpha value is -1.65. The Kier molecular flexibility index (Phi) is 5.32. The van der Waals surface area contributed by atoms with Gasteiger partial charge in [-0.05, 0) is 30.4 Å². The van der Waals surface area contributed by atoms with Crippen molar-refractivity contribution in [2.45, 2.75) is 25.9 Å². The van der Waals surface area contributed by atoms with Crippen molar-refractivity contribution < 1.29 is 4.79 Å². The second-order valence-electron chi connectivity index (χ2n) is 4.86. The zero-order chi connectivity index (χ0) is 14.4. The lowest BCUT2D eigenvalue weighted by Gasteiger charge is -2.24. The van der Waals surface area contributed by atoms with Crippen molar-refractivity contribution in [3.63, 3.8) is 0 Å². The van der Waals surface area contributed by atoms with Gasteiger partial charge in [-0.15, -0.1) is 11.3 Å². The van der Waals surface area contributed by atoms with Gasteiger partial charge in [-0.3, -0.25) is 4.79 Å². The standard InChI is InChI=1S/C16H20N2OS/c1-13(17)16(19)18(12-15-8-5-11-20-15)10-9-14-6-3-2-4-7-14/h2-8,11,13H,9-10,12,17H2,1H3/t13-/m1/s1. The minimum absolute atomic E-state index is 0.00864. The molecule has 0 spiro atoms. The molecule has 0 aliphatic rings. The average molecular weight is 288 g/mol. The second kappa shape index (κ2) is 7.22. The number of nitrogens with two attached hydrogens (primary N) is 1. The van der Waals surface area contributed by atoms with E-state index in [0.29, 0.717) is 13.1 Å². The third kappa shape index (κ3) is 4.18. The SMILES string of the molecule is C[C@@H](N)C(=O)N(CCc1ccccc1)Cc1cccs1. The van der Waals surface area contributed by atoms with Gasteiger partial charge in [-0.25, -0.2) is 0 Å². The molecule has 1 heterocycles. The number of carbonyl (C=O) groups excluding carboxylic acids is 1. The van der Waals surface area contributed by atoms with Crippen molar-refractivity contribution in [1.82, 2.24) is 4.90 Å². The lowest BCUT2D eigenvalue weighted by atomic mass is 10.1. The molecule has 4 heteroatoms. The molecule has 3 nitrogen and oxygen atoms in total. The average Bonchev–Trinajstić information content (AvgIpc) is 2.96. The Morgan fingerprint density at radius 2 is 2.00 bits per heavy atom. The van der Waals surface area contributed by atoms with Gasteiger partial charge in [0, 0.05) is 11.4 Å². The monoisotopic (exact) mass is 288 g/mol. The molecule has 106 valence electrons. The largest absolute Gasteiger partial charge is 0.336 e. The maximum absolute atomic E-state index is 12.2. The van der Waals surface area contributed by atoms with E-state index < -0.39 is 6.04 Å². The summed E-state index contributed by atoms with van der Waals surface area (Å²) in [4.78, 5) is 15.2. The van der Waals surface area contributed by atoms with E-state index >= 15 is 0 Å². The number of amides is 1. The summed E-state index contributed by atoms with van der Waals surface area (Å²) in [7, 11) is 0. The van der Waals surface area contributed by atoms with Crippen LogP contribution in [0.1, 0.15) is 17.4 Å².